The molecule has 4 aromatic rings. The third-order valence-electron chi connectivity index (χ3n) is 4.70. The fourth-order valence-electron chi connectivity index (χ4n) is 3.34. The minimum absolute atomic E-state index is 0.213. The quantitative estimate of drug-likeness (QED) is 0.479. The number of carbonyl (C=O) groups excluding carboxylic acids is 1. The van der Waals surface area contributed by atoms with E-state index in [-0.39, 0.29) is 5.91 Å². The van der Waals surface area contributed by atoms with Crippen molar-refractivity contribution < 1.29 is 4.79 Å². The SMILES string of the molecule is C=CC(=O)NCc1c(-c2ccccc2)nn(-c2ccccc2)c1-c1ccccc1. The summed E-state index contributed by atoms with van der Waals surface area (Å²) in [4.78, 5) is 11.9. The Morgan fingerprint density at radius 3 is 2.00 bits per heavy atom. The second kappa shape index (κ2) is 8.40. The lowest BCUT2D eigenvalue weighted by Gasteiger charge is -2.11. The molecular formula is C25H21N3O. The minimum atomic E-state index is -0.213. The molecule has 1 amide bonds. The molecule has 142 valence electrons. The van der Waals surface area contributed by atoms with Gasteiger partial charge < -0.3 is 5.32 Å². The molecule has 0 spiro atoms. The summed E-state index contributed by atoms with van der Waals surface area (Å²) >= 11 is 0. The summed E-state index contributed by atoms with van der Waals surface area (Å²) in [5.41, 5.74) is 5.76. The Morgan fingerprint density at radius 2 is 1.41 bits per heavy atom. The molecular weight excluding hydrogens is 358 g/mol. The maximum Gasteiger partial charge on any atom is 0.243 e. The van der Waals surface area contributed by atoms with E-state index in [1.165, 1.54) is 6.08 Å². The van der Waals surface area contributed by atoms with Crippen molar-refractivity contribution in [1.82, 2.24) is 15.1 Å². The van der Waals surface area contributed by atoms with Gasteiger partial charge in [-0.05, 0) is 18.2 Å². The smallest absolute Gasteiger partial charge is 0.243 e. The first-order chi connectivity index (χ1) is 14.3. The standard InChI is InChI=1S/C25H21N3O/c1-2-23(29)26-18-22-24(19-12-6-3-7-13-19)27-28(21-16-10-5-11-17-21)25(22)20-14-8-4-9-15-20/h2-17H,1,18H2,(H,26,29). The molecule has 1 heterocycles. The lowest BCUT2D eigenvalue weighted by molar-refractivity contribution is -0.116. The average Bonchev–Trinajstić information content (AvgIpc) is 3.18. The van der Waals surface area contributed by atoms with E-state index in [1.807, 2.05) is 83.5 Å². The van der Waals surface area contributed by atoms with Crippen molar-refractivity contribution in [3.63, 3.8) is 0 Å². The van der Waals surface area contributed by atoms with Crippen LogP contribution in [0.5, 0.6) is 0 Å². The van der Waals surface area contributed by atoms with Gasteiger partial charge in [0.2, 0.25) is 5.91 Å². The normalized spacial score (nSPS) is 10.5. The zero-order valence-electron chi connectivity index (χ0n) is 16.0. The Labute approximate surface area is 170 Å². The topological polar surface area (TPSA) is 46.9 Å². The highest BCUT2D eigenvalue weighted by atomic mass is 16.1. The zero-order chi connectivity index (χ0) is 20.1. The summed E-state index contributed by atoms with van der Waals surface area (Å²) in [6.07, 6.45) is 1.28. The van der Waals surface area contributed by atoms with Crippen LogP contribution in [0.1, 0.15) is 5.56 Å². The van der Waals surface area contributed by atoms with Crippen LogP contribution in [0.2, 0.25) is 0 Å². The summed E-state index contributed by atoms with van der Waals surface area (Å²) in [6, 6.07) is 30.2. The van der Waals surface area contributed by atoms with Crippen molar-refractivity contribution in [1.29, 1.82) is 0 Å². The van der Waals surface area contributed by atoms with Crippen molar-refractivity contribution in [3.8, 4) is 28.2 Å². The molecule has 3 aromatic carbocycles. The van der Waals surface area contributed by atoms with E-state index in [0.29, 0.717) is 6.54 Å². The Bertz CT molecular complexity index is 1120. The second-order valence-corrected chi connectivity index (χ2v) is 6.58. The van der Waals surface area contributed by atoms with Crippen LogP contribution >= 0.6 is 0 Å². The van der Waals surface area contributed by atoms with E-state index < -0.39 is 0 Å². The molecule has 1 aromatic heterocycles. The highest BCUT2D eigenvalue weighted by Crippen LogP contribution is 2.34. The van der Waals surface area contributed by atoms with Crippen LogP contribution in [-0.2, 0) is 11.3 Å². The molecule has 0 aliphatic rings. The third-order valence-corrected chi connectivity index (χ3v) is 4.70. The summed E-state index contributed by atoms with van der Waals surface area (Å²) in [5, 5.41) is 7.89. The Morgan fingerprint density at radius 1 is 0.862 bits per heavy atom. The zero-order valence-corrected chi connectivity index (χ0v) is 16.0. The number of hydrogen-bond acceptors (Lipinski definition) is 2. The van der Waals surface area contributed by atoms with Crippen molar-refractivity contribution in [2.45, 2.75) is 6.54 Å². The van der Waals surface area contributed by atoms with Gasteiger partial charge in [0.15, 0.2) is 0 Å². The number of hydrogen-bond donors (Lipinski definition) is 1. The minimum Gasteiger partial charge on any atom is -0.348 e. The van der Waals surface area contributed by atoms with Gasteiger partial charge in [-0.3, -0.25) is 4.79 Å². The number of para-hydroxylation sites is 1. The first kappa shape index (κ1) is 18.4. The molecule has 0 radical (unpaired) electrons. The molecule has 0 saturated carbocycles. The van der Waals surface area contributed by atoms with Crippen molar-refractivity contribution in [2.75, 3.05) is 0 Å². The van der Waals surface area contributed by atoms with Crippen LogP contribution in [0.25, 0.3) is 28.2 Å². The van der Waals surface area contributed by atoms with Gasteiger partial charge in [-0.1, -0.05) is 85.4 Å². The molecule has 0 aliphatic carbocycles. The highest BCUT2D eigenvalue weighted by Gasteiger charge is 2.21. The first-order valence-corrected chi connectivity index (χ1v) is 9.46. The van der Waals surface area contributed by atoms with Crippen LogP contribution in [0.3, 0.4) is 0 Å². The van der Waals surface area contributed by atoms with Crippen LogP contribution in [0.4, 0.5) is 0 Å². The maximum absolute atomic E-state index is 11.9. The molecule has 4 nitrogen and oxygen atoms in total. The van der Waals surface area contributed by atoms with Gasteiger partial charge >= 0.3 is 0 Å². The number of nitrogens with zero attached hydrogens (tertiary/aromatic N) is 2. The van der Waals surface area contributed by atoms with Crippen molar-refractivity contribution in [3.05, 3.63) is 109 Å². The van der Waals surface area contributed by atoms with E-state index in [1.54, 1.807) is 0 Å². The van der Waals surface area contributed by atoms with E-state index in [0.717, 1.165) is 33.8 Å². The number of aromatic nitrogens is 2. The van der Waals surface area contributed by atoms with E-state index in [9.17, 15) is 4.79 Å². The van der Waals surface area contributed by atoms with Gasteiger partial charge in [0.25, 0.3) is 0 Å². The Hall–Kier alpha value is -3.92. The maximum atomic E-state index is 11.9. The van der Waals surface area contributed by atoms with Gasteiger partial charge in [-0.2, -0.15) is 5.10 Å². The summed E-state index contributed by atoms with van der Waals surface area (Å²) in [7, 11) is 0. The number of benzene rings is 3. The van der Waals surface area contributed by atoms with Gasteiger partial charge in [-0.25, -0.2) is 4.68 Å². The van der Waals surface area contributed by atoms with Gasteiger partial charge in [0, 0.05) is 23.2 Å². The molecule has 0 atom stereocenters. The summed E-state index contributed by atoms with van der Waals surface area (Å²) in [5.74, 6) is -0.213. The number of amides is 1. The van der Waals surface area contributed by atoms with Gasteiger partial charge in [-0.15, -0.1) is 0 Å². The Balaban J connectivity index is 1.97. The molecule has 0 fully saturated rings. The summed E-state index contributed by atoms with van der Waals surface area (Å²) < 4.78 is 1.95. The van der Waals surface area contributed by atoms with E-state index >= 15 is 0 Å². The molecule has 0 aliphatic heterocycles. The predicted molar refractivity (Wildman–Crippen MR) is 116 cm³/mol. The molecule has 0 saturated heterocycles. The molecule has 0 unspecified atom stereocenters. The number of carbonyl (C=O) groups is 1. The first-order valence-electron chi connectivity index (χ1n) is 9.46. The van der Waals surface area contributed by atoms with Crippen LogP contribution in [0.15, 0.2) is 104 Å². The fourth-order valence-corrected chi connectivity index (χ4v) is 3.34. The van der Waals surface area contributed by atoms with Crippen molar-refractivity contribution >= 4 is 5.91 Å². The van der Waals surface area contributed by atoms with Crippen molar-refractivity contribution in [2.24, 2.45) is 0 Å². The van der Waals surface area contributed by atoms with Gasteiger partial charge in [0.05, 0.1) is 17.1 Å². The number of nitrogens with one attached hydrogen (secondary N) is 1. The largest absolute Gasteiger partial charge is 0.348 e. The lowest BCUT2D eigenvalue weighted by atomic mass is 10.0. The van der Waals surface area contributed by atoms with E-state index in [4.69, 9.17) is 5.10 Å². The third kappa shape index (κ3) is 3.87. The fraction of sp³-hybridized carbons (Fsp3) is 0.0400. The monoisotopic (exact) mass is 379 g/mol. The van der Waals surface area contributed by atoms with Crippen LogP contribution in [0, 0.1) is 0 Å². The molecule has 0 bridgehead atoms. The van der Waals surface area contributed by atoms with Crippen LogP contribution < -0.4 is 5.32 Å². The molecule has 4 heteroatoms. The van der Waals surface area contributed by atoms with Gasteiger partial charge in [0.1, 0.15) is 0 Å². The molecule has 29 heavy (non-hydrogen) atoms. The lowest BCUT2D eigenvalue weighted by Crippen LogP contribution is -2.20. The highest BCUT2D eigenvalue weighted by molar-refractivity contribution is 5.87. The summed E-state index contributed by atoms with van der Waals surface area (Å²) in [6.45, 7) is 3.91. The predicted octanol–water partition coefficient (Wildman–Crippen LogP) is 5.01. The second-order valence-electron chi connectivity index (χ2n) is 6.58. The molecule has 1 N–H and O–H groups in total. The Kier molecular flexibility index (Phi) is 5.34. The van der Waals surface area contributed by atoms with Crippen LogP contribution in [-0.4, -0.2) is 15.7 Å². The molecule has 4 rings (SSSR count). The number of rotatable bonds is 6. The van der Waals surface area contributed by atoms with E-state index in [2.05, 4.69) is 24.0 Å². The average molecular weight is 379 g/mol.